The molecule has 11 heteroatoms. The highest BCUT2D eigenvalue weighted by molar-refractivity contribution is 6.36. The number of aromatic nitrogens is 4. The van der Waals surface area contributed by atoms with E-state index in [-0.39, 0.29) is 17.3 Å². The standard InChI is InChI=1S/C25H21Cl2N7O2/c1-13(24(35)31-21-10-20(33-36-21)16-5-4-15(26)9-18(16)27)14-3-6-19(30-12-14)22-17(11-28)23(29)34(32-22)25(2)7-8-25/h3-6,9-10,12-13H,7-8,29H2,1-2H3,(H,31,35). The van der Waals surface area contributed by atoms with Crippen LogP contribution in [-0.4, -0.2) is 25.8 Å². The first-order chi connectivity index (χ1) is 17.2. The quantitative estimate of drug-likeness (QED) is 0.336. The SMILES string of the molecule is CC(C(=O)Nc1cc(-c2ccc(Cl)cc2Cl)no1)c1ccc(-c2nn(C3(C)CC3)c(N)c2C#N)nc1. The van der Waals surface area contributed by atoms with E-state index >= 15 is 0 Å². The van der Waals surface area contributed by atoms with Crippen molar-refractivity contribution in [1.29, 1.82) is 5.26 Å². The summed E-state index contributed by atoms with van der Waals surface area (Å²) >= 11 is 12.2. The van der Waals surface area contributed by atoms with E-state index in [1.165, 1.54) is 0 Å². The summed E-state index contributed by atoms with van der Waals surface area (Å²) in [5, 5.41) is 21.8. The molecule has 0 radical (unpaired) electrons. The van der Waals surface area contributed by atoms with Crippen molar-refractivity contribution in [2.24, 2.45) is 0 Å². The minimum atomic E-state index is -0.539. The highest BCUT2D eigenvalue weighted by Crippen LogP contribution is 2.45. The number of nitriles is 1. The largest absolute Gasteiger partial charge is 0.383 e. The fraction of sp³-hybridized carbons (Fsp3) is 0.240. The number of benzene rings is 1. The third kappa shape index (κ3) is 4.30. The molecule has 182 valence electrons. The average molecular weight is 522 g/mol. The van der Waals surface area contributed by atoms with E-state index in [0.717, 1.165) is 12.8 Å². The second-order valence-corrected chi connectivity index (χ2v) is 9.86. The summed E-state index contributed by atoms with van der Waals surface area (Å²) in [6, 6.07) is 12.3. The van der Waals surface area contributed by atoms with Gasteiger partial charge in [-0.15, -0.1) is 0 Å². The number of nitrogens with two attached hydrogens (primary N) is 1. The van der Waals surface area contributed by atoms with E-state index < -0.39 is 5.92 Å². The van der Waals surface area contributed by atoms with Crippen LogP contribution in [0, 0.1) is 11.3 Å². The fourth-order valence-electron chi connectivity index (χ4n) is 3.87. The van der Waals surface area contributed by atoms with Crippen molar-refractivity contribution in [2.45, 2.75) is 38.1 Å². The van der Waals surface area contributed by atoms with E-state index in [2.05, 4.69) is 33.5 Å². The average Bonchev–Trinajstić information content (AvgIpc) is 3.28. The molecule has 3 aromatic heterocycles. The zero-order chi connectivity index (χ0) is 25.6. The molecule has 3 heterocycles. The highest BCUT2D eigenvalue weighted by Gasteiger charge is 2.43. The first-order valence-electron chi connectivity index (χ1n) is 11.2. The third-order valence-corrected chi connectivity index (χ3v) is 6.95. The zero-order valence-electron chi connectivity index (χ0n) is 19.4. The van der Waals surface area contributed by atoms with Gasteiger partial charge in [-0.2, -0.15) is 10.4 Å². The van der Waals surface area contributed by atoms with Crippen LogP contribution in [0.25, 0.3) is 22.6 Å². The molecule has 1 amide bonds. The van der Waals surface area contributed by atoms with Crippen molar-refractivity contribution >= 4 is 40.8 Å². The lowest BCUT2D eigenvalue weighted by atomic mass is 10.0. The van der Waals surface area contributed by atoms with Gasteiger partial charge >= 0.3 is 0 Å². The van der Waals surface area contributed by atoms with Crippen LogP contribution < -0.4 is 11.1 Å². The van der Waals surface area contributed by atoms with Crippen molar-refractivity contribution in [2.75, 3.05) is 11.1 Å². The second-order valence-electron chi connectivity index (χ2n) is 9.02. The van der Waals surface area contributed by atoms with E-state index in [4.69, 9.17) is 33.5 Å². The lowest BCUT2D eigenvalue weighted by Gasteiger charge is -2.11. The summed E-state index contributed by atoms with van der Waals surface area (Å²) in [7, 11) is 0. The molecule has 0 aliphatic heterocycles. The Morgan fingerprint density at radius 3 is 2.67 bits per heavy atom. The Morgan fingerprint density at radius 2 is 2.03 bits per heavy atom. The molecule has 9 nitrogen and oxygen atoms in total. The van der Waals surface area contributed by atoms with Gasteiger partial charge in [0.15, 0.2) is 0 Å². The maximum atomic E-state index is 12.8. The molecule has 0 saturated heterocycles. The smallest absolute Gasteiger partial charge is 0.234 e. The minimum absolute atomic E-state index is 0.153. The van der Waals surface area contributed by atoms with Gasteiger partial charge in [0.2, 0.25) is 11.8 Å². The maximum Gasteiger partial charge on any atom is 0.234 e. The lowest BCUT2D eigenvalue weighted by molar-refractivity contribution is -0.117. The molecule has 5 rings (SSSR count). The van der Waals surface area contributed by atoms with Crippen molar-refractivity contribution in [3.8, 4) is 28.7 Å². The Morgan fingerprint density at radius 1 is 1.25 bits per heavy atom. The normalized spacial score (nSPS) is 14.8. The van der Waals surface area contributed by atoms with Crippen LogP contribution in [0.15, 0.2) is 47.1 Å². The summed E-state index contributed by atoms with van der Waals surface area (Å²) in [4.78, 5) is 17.3. The van der Waals surface area contributed by atoms with Crippen LogP contribution >= 0.6 is 23.2 Å². The van der Waals surface area contributed by atoms with Crippen molar-refractivity contribution in [1.82, 2.24) is 19.9 Å². The Kier molecular flexibility index (Phi) is 5.94. The summed E-state index contributed by atoms with van der Waals surface area (Å²) in [6.07, 6.45) is 3.51. The molecule has 36 heavy (non-hydrogen) atoms. The van der Waals surface area contributed by atoms with Gasteiger partial charge in [-0.1, -0.05) is 34.4 Å². The minimum Gasteiger partial charge on any atom is -0.383 e. The maximum absolute atomic E-state index is 12.8. The van der Waals surface area contributed by atoms with Crippen LogP contribution in [0.5, 0.6) is 0 Å². The van der Waals surface area contributed by atoms with Crippen LogP contribution in [0.3, 0.4) is 0 Å². The van der Waals surface area contributed by atoms with Crippen molar-refractivity contribution in [3.05, 3.63) is 63.8 Å². The summed E-state index contributed by atoms with van der Waals surface area (Å²) in [6.45, 7) is 3.81. The van der Waals surface area contributed by atoms with E-state index in [1.54, 1.807) is 54.2 Å². The first kappa shape index (κ1) is 23.9. The van der Waals surface area contributed by atoms with Crippen molar-refractivity contribution in [3.63, 3.8) is 0 Å². The van der Waals surface area contributed by atoms with Gasteiger partial charge in [-0.3, -0.25) is 15.1 Å². The van der Waals surface area contributed by atoms with E-state index in [1.807, 2.05) is 0 Å². The number of nitrogens with one attached hydrogen (secondary N) is 1. The molecule has 1 fully saturated rings. The molecule has 1 atom stereocenters. The van der Waals surface area contributed by atoms with E-state index in [0.29, 0.717) is 49.6 Å². The number of carbonyl (C=O) groups excluding carboxylic acids is 1. The molecular formula is C25H21Cl2N7O2. The Balaban J connectivity index is 1.31. The topological polar surface area (TPSA) is 136 Å². The van der Waals surface area contributed by atoms with Crippen molar-refractivity contribution < 1.29 is 9.32 Å². The van der Waals surface area contributed by atoms with Gasteiger partial charge in [0.1, 0.15) is 28.8 Å². The molecule has 0 bridgehead atoms. The predicted octanol–water partition coefficient (Wildman–Crippen LogP) is 5.61. The number of carbonyl (C=O) groups is 1. The van der Waals surface area contributed by atoms with Crippen LogP contribution in [0.4, 0.5) is 11.7 Å². The summed E-state index contributed by atoms with van der Waals surface area (Å²) in [5.74, 6) is -0.312. The van der Waals surface area contributed by atoms with E-state index in [9.17, 15) is 10.1 Å². The number of pyridine rings is 1. The zero-order valence-corrected chi connectivity index (χ0v) is 20.9. The van der Waals surface area contributed by atoms with Gasteiger partial charge in [0, 0.05) is 22.8 Å². The summed E-state index contributed by atoms with van der Waals surface area (Å²) < 4.78 is 6.98. The molecule has 1 aliphatic carbocycles. The Hall–Kier alpha value is -3.87. The van der Waals surface area contributed by atoms with Gasteiger partial charge in [0.05, 0.1) is 22.2 Å². The van der Waals surface area contributed by atoms with Crippen LogP contribution in [0.1, 0.15) is 43.7 Å². The number of hydrogen-bond acceptors (Lipinski definition) is 7. The van der Waals surface area contributed by atoms with Crippen LogP contribution in [-0.2, 0) is 10.3 Å². The van der Waals surface area contributed by atoms with Gasteiger partial charge in [0.25, 0.3) is 0 Å². The molecule has 1 aromatic carbocycles. The molecular weight excluding hydrogens is 501 g/mol. The number of nitrogens with zero attached hydrogens (tertiary/aromatic N) is 5. The number of hydrogen-bond donors (Lipinski definition) is 2. The number of rotatable bonds is 6. The molecule has 1 unspecified atom stereocenters. The summed E-state index contributed by atoms with van der Waals surface area (Å²) in [5.41, 5.74) is 9.07. The van der Waals surface area contributed by atoms with Gasteiger partial charge in [-0.05, 0) is 56.5 Å². The fourth-order valence-corrected chi connectivity index (χ4v) is 4.37. The number of halogens is 2. The highest BCUT2D eigenvalue weighted by atomic mass is 35.5. The molecule has 1 saturated carbocycles. The Bertz CT molecular complexity index is 1510. The van der Waals surface area contributed by atoms with Gasteiger partial charge in [-0.25, -0.2) is 4.68 Å². The number of amides is 1. The third-order valence-electron chi connectivity index (χ3n) is 6.40. The lowest BCUT2D eigenvalue weighted by Crippen LogP contribution is -2.18. The molecule has 3 N–H and O–H groups in total. The molecule has 0 spiro atoms. The Labute approximate surface area is 216 Å². The number of nitrogen functional groups attached to an aromatic ring is 1. The van der Waals surface area contributed by atoms with Crippen LogP contribution in [0.2, 0.25) is 10.0 Å². The monoisotopic (exact) mass is 521 g/mol. The van der Waals surface area contributed by atoms with Gasteiger partial charge < -0.3 is 10.3 Å². The molecule has 4 aromatic rings. The molecule has 1 aliphatic rings. The predicted molar refractivity (Wildman–Crippen MR) is 136 cm³/mol. The first-order valence-corrected chi connectivity index (χ1v) is 11.9. The second kappa shape index (κ2) is 8.97. The number of anilines is 2.